The summed E-state index contributed by atoms with van der Waals surface area (Å²) >= 11 is 5.78. The van der Waals surface area contributed by atoms with Gasteiger partial charge in [0.05, 0.1) is 5.69 Å². The average molecular weight is 214 g/mol. The number of anilines is 1. The van der Waals surface area contributed by atoms with Gasteiger partial charge in [0.2, 0.25) is 0 Å². The van der Waals surface area contributed by atoms with Crippen LogP contribution >= 0.6 is 11.6 Å². The highest BCUT2D eigenvalue weighted by atomic mass is 35.5. The molecule has 3 nitrogen and oxygen atoms in total. The van der Waals surface area contributed by atoms with Gasteiger partial charge in [-0.3, -0.25) is 4.90 Å². The number of halogens is 1. The predicted octanol–water partition coefficient (Wildman–Crippen LogP) is 3.15. The molecule has 76 valence electrons. The number of carbonyl (C=O) groups is 1. The maximum absolute atomic E-state index is 10.9. The second kappa shape index (κ2) is 4.33. The first-order valence-corrected chi connectivity index (χ1v) is 4.70. The Morgan fingerprint density at radius 2 is 2.21 bits per heavy atom. The zero-order chi connectivity index (χ0) is 10.7. The summed E-state index contributed by atoms with van der Waals surface area (Å²) in [6, 6.07) is 5.16. The molecule has 14 heavy (non-hydrogen) atoms. The molecule has 1 aromatic carbocycles. The summed E-state index contributed by atoms with van der Waals surface area (Å²) in [6.45, 7) is 4.06. The van der Waals surface area contributed by atoms with Crippen molar-refractivity contribution in [1.29, 1.82) is 0 Å². The Labute approximate surface area is 87.9 Å². The van der Waals surface area contributed by atoms with Gasteiger partial charge in [-0.2, -0.15) is 0 Å². The van der Waals surface area contributed by atoms with Gasteiger partial charge in [-0.05, 0) is 37.6 Å². The Morgan fingerprint density at radius 3 is 2.64 bits per heavy atom. The number of nitrogens with zero attached hydrogens (tertiary/aromatic N) is 1. The molecule has 0 radical (unpaired) electrons. The second-order valence-corrected chi connectivity index (χ2v) is 3.39. The molecule has 0 heterocycles. The minimum Gasteiger partial charge on any atom is -0.465 e. The third-order valence-corrected chi connectivity index (χ3v) is 2.23. The molecule has 1 N–H and O–H groups in total. The lowest BCUT2D eigenvalue weighted by molar-refractivity contribution is 0.202. The highest BCUT2D eigenvalue weighted by Gasteiger charge is 2.13. The molecule has 0 aliphatic rings. The Hall–Kier alpha value is -1.22. The van der Waals surface area contributed by atoms with Crippen LogP contribution in [0.5, 0.6) is 0 Å². The van der Waals surface area contributed by atoms with Crippen molar-refractivity contribution in [3.8, 4) is 0 Å². The third-order valence-electron chi connectivity index (χ3n) is 2.00. The van der Waals surface area contributed by atoms with E-state index in [4.69, 9.17) is 16.7 Å². The van der Waals surface area contributed by atoms with E-state index in [9.17, 15) is 4.79 Å². The topological polar surface area (TPSA) is 40.5 Å². The van der Waals surface area contributed by atoms with E-state index in [1.54, 1.807) is 25.1 Å². The van der Waals surface area contributed by atoms with Gasteiger partial charge in [0, 0.05) is 11.6 Å². The molecule has 0 bridgehead atoms. The smallest absolute Gasteiger partial charge is 0.411 e. The average Bonchev–Trinajstić information content (AvgIpc) is 2.09. The zero-order valence-electron chi connectivity index (χ0n) is 8.12. The number of rotatable bonds is 2. The van der Waals surface area contributed by atoms with Gasteiger partial charge >= 0.3 is 6.09 Å². The lowest BCUT2D eigenvalue weighted by Gasteiger charge is -2.19. The van der Waals surface area contributed by atoms with Crippen LogP contribution in [0, 0.1) is 6.92 Å². The third kappa shape index (κ3) is 2.17. The standard InChI is InChI=1S/C10H12ClNO2/c1-3-12(10(13)14)9-5-4-8(11)6-7(9)2/h4-6H,3H2,1-2H3,(H,13,14). The first-order chi connectivity index (χ1) is 6.56. The van der Waals surface area contributed by atoms with Crippen LogP contribution in [0.25, 0.3) is 0 Å². The first-order valence-electron chi connectivity index (χ1n) is 4.33. The maximum atomic E-state index is 10.9. The molecule has 0 fully saturated rings. The van der Waals surface area contributed by atoms with Gasteiger partial charge in [-0.1, -0.05) is 11.6 Å². The van der Waals surface area contributed by atoms with Gasteiger partial charge < -0.3 is 5.11 Å². The van der Waals surface area contributed by atoms with Crippen molar-refractivity contribution in [1.82, 2.24) is 0 Å². The van der Waals surface area contributed by atoms with Crippen LogP contribution in [0.15, 0.2) is 18.2 Å². The fourth-order valence-corrected chi connectivity index (χ4v) is 1.56. The molecular formula is C10H12ClNO2. The summed E-state index contributed by atoms with van der Waals surface area (Å²) in [5.41, 5.74) is 1.55. The van der Waals surface area contributed by atoms with Crippen molar-refractivity contribution < 1.29 is 9.90 Å². The van der Waals surface area contributed by atoms with Crippen molar-refractivity contribution in [2.24, 2.45) is 0 Å². The molecule has 1 rings (SSSR count). The van der Waals surface area contributed by atoms with Gasteiger partial charge in [0.25, 0.3) is 0 Å². The fraction of sp³-hybridized carbons (Fsp3) is 0.300. The molecule has 1 amide bonds. The molecule has 0 aliphatic carbocycles. The van der Waals surface area contributed by atoms with Crippen molar-refractivity contribution >= 4 is 23.4 Å². The van der Waals surface area contributed by atoms with Gasteiger partial charge in [0.1, 0.15) is 0 Å². The van der Waals surface area contributed by atoms with Crippen LogP contribution in [0.2, 0.25) is 5.02 Å². The number of aryl methyl sites for hydroxylation is 1. The number of benzene rings is 1. The van der Waals surface area contributed by atoms with Crippen LogP contribution in [-0.2, 0) is 0 Å². The summed E-state index contributed by atoms with van der Waals surface area (Å²) < 4.78 is 0. The van der Waals surface area contributed by atoms with Crippen molar-refractivity contribution in [2.75, 3.05) is 11.4 Å². The number of hydrogen-bond acceptors (Lipinski definition) is 1. The Kier molecular flexibility index (Phi) is 3.36. The minimum absolute atomic E-state index is 0.428. The molecule has 0 unspecified atom stereocenters. The fourth-order valence-electron chi connectivity index (χ4n) is 1.33. The molecule has 0 saturated carbocycles. The molecule has 4 heteroatoms. The van der Waals surface area contributed by atoms with Crippen LogP contribution < -0.4 is 4.90 Å². The summed E-state index contributed by atoms with van der Waals surface area (Å²) in [4.78, 5) is 12.1. The first kappa shape index (κ1) is 10.9. The van der Waals surface area contributed by atoms with E-state index in [-0.39, 0.29) is 0 Å². The summed E-state index contributed by atoms with van der Waals surface area (Å²) in [5.74, 6) is 0. The molecule has 0 saturated heterocycles. The molecular weight excluding hydrogens is 202 g/mol. The second-order valence-electron chi connectivity index (χ2n) is 2.96. The largest absolute Gasteiger partial charge is 0.465 e. The molecule has 1 aromatic rings. The van der Waals surface area contributed by atoms with Crippen LogP contribution in [0.4, 0.5) is 10.5 Å². The minimum atomic E-state index is -0.946. The normalized spacial score (nSPS) is 9.93. The van der Waals surface area contributed by atoms with Gasteiger partial charge in [-0.25, -0.2) is 4.79 Å². The van der Waals surface area contributed by atoms with E-state index >= 15 is 0 Å². The van der Waals surface area contributed by atoms with E-state index in [0.717, 1.165) is 5.56 Å². The molecule has 0 aromatic heterocycles. The van der Waals surface area contributed by atoms with Crippen LogP contribution in [0.3, 0.4) is 0 Å². The van der Waals surface area contributed by atoms with E-state index in [0.29, 0.717) is 17.3 Å². The van der Waals surface area contributed by atoms with Crippen molar-refractivity contribution in [3.63, 3.8) is 0 Å². The highest BCUT2D eigenvalue weighted by molar-refractivity contribution is 6.30. The maximum Gasteiger partial charge on any atom is 0.411 e. The van der Waals surface area contributed by atoms with Crippen molar-refractivity contribution in [3.05, 3.63) is 28.8 Å². The van der Waals surface area contributed by atoms with E-state index < -0.39 is 6.09 Å². The monoisotopic (exact) mass is 213 g/mol. The Bertz CT molecular complexity index is 352. The number of hydrogen-bond donors (Lipinski definition) is 1. The lowest BCUT2D eigenvalue weighted by atomic mass is 10.2. The van der Waals surface area contributed by atoms with E-state index in [2.05, 4.69) is 0 Å². The van der Waals surface area contributed by atoms with Gasteiger partial charge in [0.15, 0.2) is 0 Å². The number of amides is 1. The number of carboxylic acid groups (broad SMARTS) is 1. The highest BCUT2D eigenvalue weighted by Crippen LogP contribution is 2.23. The van der Waals surface area contributed by atoms with Crippen LogP contribution in [0.1, 0.15) is 12.5 Å². The van der Waals surface area contributed by atoms with Crippen LogP contribution in [-0.4, -0.2) is 17.7 Å². The van der Waals surface area contributed by atoms with Gasteiger partial charge in [-0.15, -0.1) is 0 Å². The zero-order valence-corrected chi connectivity index (χ0v) is 8.88. The predicted molar refractivity (Wildman–Crippen MR) is 57.2 cm³/mol. The van der Waals surface area contributed by atoms with Crippen molar-refractivity contribution in [2.45, 2.75) is 13.8 Å². The quantitative estimate of drug-likeness (QED) is 0.820. The Balaban J connectivity index is 3.10. The Morgan fingerprint density at radius 1 is 1.57 bits per heavy atom. The lowest BCUT2D eigenvalue weighted by Crippen LogP contribution is -2.29. The summed E-state index contributed by atoms with van der Waals surface area (Å²) in [7, 11) is 0. The molecule has 0 spiro atoms. The van der Waals surface area contributed by atoms with E-state index in [1.165, 1.54) is 4.90 Å². The summed E-state index contributed by atoms with van der Waals surface area (Å²) in [6.07, 6.45) is -0.946. The molecule has 0 atom stereocenters. The summed E-state index contributed by atoms with van der Waals surface area (Å²) in [5, 5.41) is 9.53. The molecule has 0 aliphatic heterocycles. The van der Waals surface area contributed by atoms with E-state index in [1.807, 2.05) is 6.92 Å². The SMILES string of the molecule is CCN(C(=O)O)c1ccc(Cl)cc1C.